The van der Waals surface area contributed by atoms with E-state index in [1.807, 2.05) is 13.8 Å². The molecule has 22 heavy (non-hydrogen) atoms. The Bertz CT molecular complexity index is 426. The van der Waals surface area contributed by atoms with E-state index in [1.54, 1.807) is 18.7 Å². The van der Waals surface area contributed by atoms with E-state index in [4.69, 9.17) is 9.47 Å². The average Bonchev–Trinajstić information content (AvgIpc) is 2.53. The minimum Gasteiger partial charge on any atom is -0.481 e. The molecule has 2 unspecified atom stereocenters. The summed E-state index contributed by atoms with van der Waals surface area (Å²) in [5, 5.41) is 9.26. The van der Waals surface area contributed by atoms with Crippen molar-refractivity contribution >= 4 is 11.9 Å². The predicted octanol–water partition coefficient (Wildman–Crippen LogP) is 1.70. The molecule has 0 aromatic carbocycles. The summed E-state index contributed by atoms with van der Waals surface area (Å²) in [5.74, 6) is -1.66. The van der Waals surface area contributed by atoms with Gasteiger partial charge < -0.3 is 19.5 Å². The Labute approximate surface area is 132 Å². The van der Waals surface area contributed by atoms with Gasteiger partial charge in [-0.15, -0.1) is 0 Å². The molecular weight excluding hydrogens is 286 g/mol. The van der Waals surface area contributed by atoms with E-state index >= 15 is 0 Å². The van der Waals surface area contributed by atoms with Crippen molar-refractivity contribution in [2.24, 2.45) is 5.92 Å². The van der Waals surface area contributed by atoms with E-state index in [9.17, 15) is 14.7 Å². The molecule has 1 aliphatic rings. The molecule has 6 heteroatoms. The minimum atomic E-state index is -0.924. The second kappa shape index (κ2) is 8.90. The molecule has 1 rings (SSSR count). The number of hydrogen-bond acceptors (Lipinski definition) is 4. The zero-order valence-corrected chi connectivity index (χ0v) is 13.9. The molecule has 0 bridgehead atoms. The molecule has 0 radical (unpaired) electrons. The zero-order chi connectivity index (χ0) is 16.7. The first-order valence-electron chi connectivity index (χ1n) is 7.85. The van der Waals surface area contributed by atoms with Gasteiger partial charge in [0.1, 0.15) is 0 Å². The van der Waals surface area contributed by atoms with Gasteiger partial charge in [-0.25, -0.2) is 0 Å². The second-order valence-electron chi connectivity index (χ2n) is 5.42. The van der Waals surface area contributed by atoms with Crippen LogP contribution < -0.4 is 0 Å². The topological polar surface area (TPSA) is 76.1 Å². The Morgan fingerprint density at radius 2 is 1.86 bits per heavy atom. The number of carboxylic acid groups (broad SMARTS) is 1. The summed E-state index contributed by atoms with van der Waals surface area (Å²) >= 11 is 0. The molecule has 1 fully saturated rings. The molecule has 0 aromatic rings. The van der Waals surface area contributed by atoms with Gasteiger partial charge in [0.05, 0.1) is 25.2 Å². The molecule has 2 atom stereocenters. The van der Waals surface area contributed by atoms with Gasteiger partial charge in [-0.1, -0.05) is 6.92 Å². The van der Waals surface area contributed by atoms with E-state index in [2.05, 4.69) is 0 Å². The molecule has 126 valence electrons. The molecule has 1 heterocycles. The monoisotopic (exact) mass is 313 g/mol. The fourth-order valence-corrected chi connectivity index (χ4v) is 2.68. The summed E-state index contributed by atoms with van der Waals surface area (Å²) < 4.78 is 10.9. The molecule has 0 saturated carbocycles. The molecule has 0 aliphatic carbocycles. The number of aliphatic carboxylic acids is 1. The van der Waals surface area contributed by atoms with Gasteiger partial charge in [-0.05, 0) is 32.8 Å². The number of hydrogen-bond donors (Lipinski definition) is 1. The quantitative estimate of drug-likeness (QED) is 0.724. The molecule has 0 aromatic heterocycles. The van der Waals surface area contributed by atoms with Gasteiger partial charge in [0.25, 0.3) is 0 Å². The van der Waals surface area contributed by atoms with Gasteiger partial charge in [0.2, 0.25) is 5.91 Å². The van der Waals surface area contributed by atoms with Gasteiger partial charge in [0, 0.05) is 25.3 Å². The van der Waals surface area contributed by atoms with E-state index in [0.717, 1.165) is 5.57 Å². The molecule has 1 N–H and O–H groups in total. The van der Waals surface area contributed by atoms with Crippen LogP contribution in [0.4, 0.5) is 0 Å². The first-order chi connectivity index (χ1) is 10.4. The standard InChI is InChI=1S/C16H27NO5/c1-5-13(15(18)17-7-9-21-10-8-17)11(3)14(22-6-2)12(4)16(19)20/h12,14H,5-10H2,1-4H3,(H,19,20)/b13-11+. The van der Waals surface area contributed by atoms with Crippen molar-refractivity contribution in [3.05, 3.63) is 11.1 Å². The van der Waals surface area contributed by atoms with Gasteiger partial charge >= 0.3 is 5.97 Å². The lowest BCUT2D eigenvalue weighted by molar-refractivity contribution is -0.145. The lowest BCUT2D eigenvalue weighted by Gasteiger charge is -2.30. The molecule has 1 saturated heterocycles. The van der Waals surface area contributed by atoms with Crippen molar-refractivity contribution in [1.82, 2.24) is 4.90 Å². The normalized spacial score (nSPS) is 19.4. The molecular formula is C16H27NO5. The highest BCUT2D eigenvalue weighted by molar-refractivity contribution is 5.94. The maximum Gasteiger partial charge on any atom is 0.309 e. The van der Waals surface area contributed by atoms with Gasteiger partial charge in [-0.2, -0.15) is 0 Å². The third kappa shape index (κ3) is 4.55. The van der Waals surface area contributed by atoms with E-state index in [1.165, 1.54) is 0 Å². The fourth-order valence-electron chi connectivity index (χ4n) is 2.68. The molecule has 0 spiro atoms. The van der Waals surface area contributed by atoms with Gasteiger partial charge in [0.15, 0.2) is 0 Å². The molecule has 1 aliphatic heterocycles. The number of morpholine rings is 1. The number of ether oxygens (including phenoxy) is 2. The Morgan fingerprint density at radius 1 is 1.27 bits per heavy atom. The smallest absolute Gasteiger partial charge is 0.309 e. The number of amides is 1. The first-order valence-corrected chi connectivity index (χ1v) is 7.85. The van der Waals surface area contributed by atoms with Crippen LogP contribution in [0.5, 0.6) is 0 Å². The van der Waals surface area contributed by atoms with Crippen molar-refractivity contribution in [1.29, 1.82) is 0 Å². The van der Waals surface area contributed by atoms with Crippen LogP contribution in [0.25, 0.3) is 0 Å². The van der Waals surface area contributed by atoms with Crippen LogP contribution in [0.1, 0.15) is 34.1 Å². The van der Waals surface area contributed by atoms with Crippen molar-refractivity contribution in [3.63, 3.8) is 0 Å². The van der Waals surface area contributed by atoms with Crippen LogP contribution in [0.2, 0.25) is 0 Å². The maximum atomic E-state index is 12.7. The lowest BCUT2D eigenvalue weighted by Crippen LogP contribution is -2.42. The summed E-state index contributed by atoms with van der Waals surface area (Å²) in [6.45, 7) is 9.78. The van der Waals surface area contributed by atoms with Crippen LogP contribution in [-0.2, 0) is 19.1 Å². The minimum absolute atomic E-state index is 0.0365. The number of carbonyl (C=O) groups excluding carboxylic acids is 1. The number of nitrogens with zero attached hydrogens (tertiary/aromatic N) is 1. The Morgan fingerprint density at radius 3 is 2.32 bits per heavy atom. The first kappa shape index (κ1) is 18.6. The summed E-state index contributed by atoms with van der Waals surface area (Å²) in [6.07, 6.45) is -0.0276. The van der Waals surface area contributed by atoms with Crippen molar-refractivity contribution in [3.8, 4) is 0 Å². The van der Waals surface area contributed by atoms with Crippen LogP contribution in [0, 0.1) is 5.92 Å². The van der Waals surface area contributed by atoms with Crippen LogP contribution in [0.3, 0.4) is 0 Å². The number of carbonyl (C=O) groups is 2. The summed E-state index contributed by atoms with van der Waals surface area (Å²) in [4.78, 5) is 25.7. The third-order valence-corrected chi connectivity index (χ3v) is 4.00. The summed E-state index contributed by atoms with van der Waals surface area (Å²) in [7, 11) is 0. The molecule has 1 amide bonds. The highest BCUT2D eigenvalue weighted by Gasteiger charge is 2.30. The number of carboxylic acids is 1. The predicted molar refractivity (Wildman–Crippen MR) is 82.6 cm³/mol. The highest BCUT2D eigenvalue weighted by atomic mass is 16.5. The van der Waals surface area contributed by atoms with Crippen molar-refractivity contribution in [2.45, 2.75) is 40.2 Å². The third-order valence-electron chi connectivity index (χ3n) is 4.00. The van der Waals surface area contributed by atoms with Gasteiger partial charge in [-0.3, -0.25) is 9.59 Å². The number of rotatable bonds is 7. The average molecular weight is 313 g/mol. The fraction of sp³-hybridized carbons (Fsp3) is 0.750. The van der Waals surface area contributed by atoms with Crippen molar-refractivity contribution < 1.29 is 24.2 Å². The van der Waals surface area contributed by atoms with Crippen LogP contribution in [0.15, 0.2) is 11.1 Å². The largest absolute Gasteiger partial charge is 0.481 e. The second-order valence-corrected chi connectivity index (χ2v) is 5.42. The SMILES string of the molecule is CCOC(/C(C)=C(\CC)C(=O)N1CCOCC1)C(C)C(=O)O. The maximum absolute atomic E-state index is 12.7. The Balaban J connectivity index is 3.04. The van der Waals surface area contributed by atoms with E-state index < -0.39 is 18.0 Å². The summed E-state index contributed by atoms with van der Waals surface area (Å²) in [5.41, 5.74) is 1.36. The Kier molecular flexibility index (Phi) is 7.55. The van der Waals surface area contributed by atoms with E-state index in [0.29, 0.717) is 44.9 Å². The van der Waals surface area contributed by atoms with Crippen LogP contribution in [-0.4, -0.2) is 60.9 Å². The highest BCUT2D eigenvalue weighted by Crippen LogP contribution is 2.23. The molecule has 6 nitrogen and oxygen atoms in total. The lowest BCUT2D eigenvalue weighted by atomic mass is 9.92. The summed E-state index contributed by atoms with van der Waals surface area (Å²) in [6, 6.07) is 0. The van der Waals surface area contributed by atoms with Crippen molar-refractivity contribution in [2.75, 3.05) is 32.9 Å². The van der Waals surface area contributed by atoms with Crippen LogP contribution >= 0.6 is 0 Å². The zero-order valence-electron chi connectivity index (χ0n) is 13.9. The Hall–Kier alpha value is -1.40. The van der Waals surface area contributed by atoms with E-state index in [-0.39, 0.29) is 5.91 Å².